The van der Waals surface area contributed by atoms with Crippen LogP contribution < -0.4 is 10.6 Å². The Morgan fingerprint density at radius 1 is 1.24 bits per heavy atom. The molecule has 0 aromatic heterocycles. The Bertz CT molecular complexity index is 317. The SMILES string of the molecule is CC(C)CCOC(C)(C)CCC(=O)NCCNCC(=O)O. The first-order chi connectivity index (χ1) is 9.73. The average molecular weight is 302 g/mol. The highest BCUT2D eigenvalue weighted by Gasteiger charge is 2.19. The van der Waals surface area contributed by atoms with E-state index < -0.39 is 5.97 Å². The van der Waals surface area contributed by atoms with Crippen LogP contribution >= 0.6 is 0 Å². The van der Waals surface area contributed by atoms with Gasteiger partial charge >= 0.3 is 5.97 Å². The van der Waals surface area contributed by atoms with Gasteiger partial charge in [0.2, 0.25) is 5.91 Å². The smallest absolute Gasteiger partial charge is 0.317 e. The van der Waals surface area contributed by atoms with E-state index in [1.165, 1.54) is 0 Å². The molecule has 0 bridgehead atoms. The van der Waals surface area contributed by atoms with E-state index in [-0.39, 0.29) is 18.1 Å². The predicted molar refractivity (Wildman–Crippen MR) is 82.2 cm³/mol. The van der Waals surface area contributed by atoms with Crippen molar-refractivity contribution in [2.45, 2.75) is 52.6 Å². The zero-order chi connectivity index (χ0) is 16.3. The highest BCUT2D eigenvalue weighted by molar-refractivity contribution is 5.75. The molecule has 0 atom stereocenters. The second-order valence-electron chi connectivity index (χ2n) is 6.21. The van der Waals surface area contributed by atoms with Crippen molar-refractivity contribution in [3.63, 3.8) is 0 Å². The van der Waals surface area contributed by atoms with Crippen molar-refractivity contribution < 1.29 is 19.4 Å². The highest BCUT2D eigenvalue weighted by atomic mass is 16.5. The van der Waals surface area contributed by atoms with Gasteiger partial charge in [0.1, 0.15) is 0 Å². The van der Waals surface area contributed by atoms with E-state index in [1.54, 1.807) is 0 Å². The molecular formula is C15H30N2O4. The summed E-state index contributed by atoms with van der Waals surface area (Å²) in [4.78, 5) is 21.9. The average Bonchev–Trinajstić information content (AvgIpc) is 2.35. The van der Waals surface area contributed by atoms with Gasteiger partial charge < -0.3 is 20.5 Å². The summed E-state index contributed by atoms with van der Waals surface area (Å²) in [5.41, 5.74) is -0.298. The van der Waals surface area contributed by atoms with Crippen molar-refractivity contribution in [1.29, 1.82) is 0 Å². The van der Waals surface area contributed by atoms with Crippen LogP contribution in [0.25, 0.3) is 0 Å². The number of carbonyl (C=O) groups is 2. The Morgan fingerprint density at radius 2 is 1.90 bits per heavy atom. The zero-order valence-corrected chi connectivity index (χ0v) is 13.7. The third kappa shape index (κ3) is 13.6. The second-order valence-corrected chi connectivity index (χ2v) is 6.21. The van der Waals surface area contributed by atoms with Crippen LogP contribution in [0.3, 0.4) is 0 Å². The molecule has 0 aliphatic carbocycles. The van der Waals surface area contributed by atoms with Gasteiger partial charge in [-0.2, -0.15) is 0 Å². The van der Waals surface area contributed by atoms with Gasteiger partial charge in [0.15, 0.2) is 0 Å². The van der Waals surface area contributed by atoms with E-state index in [9.17, 15) is 9.59 Å². The number of hydrogen-bond acceptors (Lipinski definition) is 4. The number of aliphatic carboxylic acids is 1. The molecule has 0 saturated carbocycles. The maximum absolute atomic E-state index is 11.7. The monoisotopic (exact) mass is 302 g/mol. The fourth-order valence-corrected chi connectivity index (χ4v) is 1.63. The molecule has 3 N–H and O–H groups in total. The number of rotatable bonds is 12. The molecular weight excluding hydrogens is 272 g/mol. The first kappa shape index (κ1) is 19.9. The van der Waals surface area contributed by atoms with Gasteiger partial charge in [-0.1, -0.05) is 13.8 Å². The molecule has 6 heteroatoms. The molecule has 0 radical (unpaired) electrons. The minimum atomic E-state index is -0.901. The summed E-state index contributed by atoms with van der Waals surface area (Å²) in [6.07, 6.45) is 2.10. The molecule has 0 saturated heterocycles. The summed E-state index contributed by atoms with van der Waals surface area (Å²) < 4.78 is 5.80. The van der Waals surface area contributed by atoms with Gasteiger partial charge in [0, 0.05) is 26.1 Å². The van der Waals surface area contributed by atoms with Crippen LogP contribution in [0.5, 0.6) is 0 Å². The summed E-state index contributed by atoms with van der Waals surface area (Å²) >= 11 is 0. The van der Waals surface area contributed by atoms with Crippen LogP contribution in [0.2, 0.25) is 0 Å². The summed E-state index contributed by atoms with van der Waals surface area (Å²) in [5, 5.41) is 13.9. The first-order valence-corrected chi connectivity index (χ1v) is 7.56. The molecule has 0 spiro atoms. The Balaban J connectivity index is 3.68. The van der Waals surface area contributed by atoms with Gasteiger partial charge in [-0.15, -0.1) is 0 Å². The number of amides is 1. The van der Waals surface area contributed by atoms with E-state index in [0.29, 0.717) is 38.5 Å². The lowest BCUT2D eigenvalue weighted by Gasteiger charge is -2.25. The molecule has 21 heavy (non-hydrogen) atoms. The Kier molecular flexibility index (Phi) is 9.99. The van der Waals surface area contributed by atoms with Gasteiger partial charge in [-0.25, -0.2) is 0 Å². The molecule has 0 aromatic carbocycles. The molecule has 6 nitrogen and oxygen atoms in total. The van der Waals surface area contributed by atoms with Crippen molar-refractivity contribution in [2.75, 3.05) is 26.2 Å². The summed E-state index contributed by atoms with van der Waals surface area (Å²) in [7, 11) is 0. The molecule has 0 heterocycles. The van der Waals surface area contributed by atoms with Gasteiger partial charge in [0.25, 0.3) is 0 Å². The summed E-state index contributed by atoms with van der Waals surface area (Å²) in [6, 6.07) is 0. The fraction of sp³-hybridized carbons (Fsp3) is 0.867. The normalized spacial score (nSPS) is 11.7. The number of carboxylic acid groups (broad SMARTS) is 1. The zero-order valence-electron chi connectivity index (χ0n) is 13.7. The van der Waals surface area contributed by atoms with Crippen molar-refractivity contribution in [1.82, 2.24) is 10.6 Å². The van der Waals surface area contributed by atoms with Crippen molar-refractivity contribution in [3.8, 4) is 0 Å². The topological polar surface area (TPSA) is 87.7 Å². The van der Waals surface area contributed by atoms with Crippen molar-refractivity contribution in [3.05, 3.63) is 0 Å². The van der Waals surface area contributed by atoms with Gasteiger partial charge in [-0.05, 0) is 32.6 Å². The molecule has 0 rings (SSSR count). The van der Waals surface area contributed by atoms with Crippen LogP contribution in [-0.2, 0) is 14.3 Å². The molecule has 0 aliphatic heterocycles. The van der Waals surface area contributed by atoms with Crippen LogP contribution in [0.1, 0.15) is 47.0 Å². The Hall–Kier alpha value is -1.14. The third-order valence-corrected chi connectivity index (χ3v) is 3.04. The lowest BCUT2D eigenvalue weighted by atomic mass is 10.0. The second kappa shape index (κ2) is 10.6. The number of carbonyl (C=O) groups excluding carboxylic acids is 1. The number of ether oxygens (including phenoxy) is 1. The molecule has 0 unspecified atom stereocenters. The minimum Gasteiger partial charge on any atom is -0.480 e. The number of nitrogens with one attached hydrogen (secondary N) is 2. The molecule has 0 fully saturated rings. The minimum absolute atomic E-state index is 0.0346. The van der Waals surface area contributed by atoms with Gasteiger partial charge in [-0.3, -0.25) is 9.59 Å². The summed E-state index contributed by atoms with van der Waals surface area (Å²) in [5.74, 6) is -0.323. The Labute approximate surface area is 127 Å². The molecule has 124 valence electrons. The van der Waals surface area contributed by atoms with Crippen molar-refractivity contribution in [2.24, 2.45) is 5.92 Å². The van der Waals surface area contributed by atoms with Gasteiger partial charge in [0.05, 0.1) is 12.1 Å². The Morgan fingerprint density at radius 3 is 2.48 bits per heavy atom. The van der Waals surface area contributed by atoms with Crippen LogP contribution in [0, 0.1) is 5.92 Å². The maximum atomic E-state index is 11.7. The maximum Gasteiger partial charge on any atom is 0.317 e. The van der Waals surface area contributed by atoms with Crippen molar-refractivity contribution >= 4 is 11.9 Å². The van der Waals surface area contributed by atoms with Crippen LogP contribution in [-0.4, -0.2) is 48.8 Å². The lowest BCUT2D eigenvalue weighted by molar-refractivity contribution is -0.135. The number of hydrogen-bond donors (Lipinski definition) is 3. The highest BCUT2D eigenvalue weighted by Crippen LogP contribution is 2.17. The van der Waals surface area contributed by atoms with Crippen LogP contribution in [0.15, 0.2) is 0 Å². The van der Waals surface area contributed by atoms with E-state index in [1.807, 2.05) is 13.8 Å². The predicted octanol–water partition coefficient (Wildman–Crippen LogP) is 1.40. The largest absolute Gasteiger partial charge is 0.480 e. The molecule has 0 aliphatic rings. The quantitative estimate of drug-likeness (QED) is 0.474. The van der Waals surface area contributed by atoms with E-state index in [0.717, 1.165) is 6.42 Å². The molecule has 0 aromatic rings. The van der Waals surface area contributed by atoms with E-state index >= 15 is 0 Å². The summed E-state index contributed by atoms with van der Waals surface area (Å²) in [6.45, 7) is 9.81. The van der Waals surface area contributed by atoms with E-state index in [2.05, 4.69) is 24.5 Å². The lowest BCUT2D eigenvalue weighted by Crippen LogP contribution is -2.35. The molecule has 1 amide bonds. The van der Waals surface area contributed by atoms with Crippen LogP contribution in [0.4, 0.5) is 0 Å². The standard InChI is InChI=1S/C15H30N2O4/c1-12(2)6-10-21-15(3,4)7-5-13(18)17-9-8-16-11-14(19)20/h12,16H,5-11H2,1-4H3,(H,17,18)(H,19,20). The van der Waals surface area contributed by atoms with E-state index in [4.69, 9.17) is 9.84 Å². The fourth-order valence-electron chi connectivity index (χ4n) is 1.63. The third-order valence-electron chi connectivity index (χ3n) is 3.04. The first-order valence-electron chi connectivity index (χ1n) is 7.56. The number of carboxylic acids is 1.